The summed E-state index contributed by atoms with van der Waals surface area (Å²) in [5, 5.41) is 17.6. The van der Waals surface area contributed by atoms with Gasteiger partial charge in [0.2, 0.25) is 0 Å². The highest BCUT2D eigenvalue weighted by molar-refractivity contribution is 7.10. The average molecular weight is 336 g/mol. The molecular formula is C16H20N2O4S. The van der Waals surface area contributed by atoms with Gasteiger partial charge >= 0.3 is 6.03 Å². The van der Waals surface area contributed by atoms with Gasteiger partial charge in [-0.1, -0.05) is 6.07 Å². The number of methoxy groups -OCH3 is 2. The van der Waals surface area contributed by atoms with Gasteiger partial charge in [-0.05, 0) is 30.5 Å². The van der Waals surface area contributed by atoms with Gasteiger partial charge in [0.1, 0.15) is 5.60 Å². The summed E-state index contributed by atoms with van der Waals surface area (Å²) >= 11 is 1.44. The maximum atomic E-state index is 12.0. The minimum Gasteiger partial charge on any atom is -0.493 e. The van der Waals surface area contributed by atoms with Gasteiger partial charge in [-0.2, -0.15) is 0 Å². The molecular weight excluding hydrogens is 316 g/mol. The van der Waals surface area contributed by atoms with Crippen LogP contribution in [0.4, 0.5) is 10.5 Å². The van der Waals surface area contributed by atoms with Crippen molar-refractivity contribution in [3.05, 3.63) is 40.6 Å². The summed E-state index contributed by atoms with van der Waals surface area (Å²) in [5.41, 5.74) is -0.542. The number of anilines is 1. The largest absolute Gasteiger partial charge is 0.493 e. The predicted octanol–water partition coefficient (Wildman–Crippen LogP) is 2.79. The molecule has 0 aliphatic heterocycles. The average Bonchev–Trinajstić information content (AvgIpc) is 3.08. The van der Waals surface area contributed by atoms with Crippen LogP contribution in [0.15, 0.2) is 35.7 Å². The molecule has 124 valence electrons. The fourth-order valence-corrected chi connectivity index (χ4v) is 2.80. The summed E-state index contributed by atoms with van der Waals surface area (Å²) in [6.45, 7) is 1.77. The number of rotatable bonds is 6. The van der Waals surface area contributed by atoms with Crippen LogP contribution in [-0.2, 0) is 5.60 Å². The standard InChI is InChI=1S/C16H20N2O4S/c1-16(20,14-5-4-8-23-14)10-17-15(19)18-11-6-7-12(21-2)13(9-11)22-3/h4-9,20H,10H2,1-3H3,(H2,17,18,19). The first kappa shape index (κ1) is 17.1. The van der Waals surface area contributed by atoms with Gasteiger partial charge in [0, 0.05) is 16.6 Å². The Hall–Kier alpha value is -2.25. The van der Waals surface area contributed by atoms with E-state index in [9.17, 15) is 9.90 Å². The van der Waals surface area contributed by atoms with Crippen LogP contribution in [0.2, 0.25) is 0 Å². The first-order valence-corrected chi connectivity index (χ1v) is 7.87. The number of carbonyl (C=O) groups is 1. The van der Waals surface area contributed by atoms with Crippen LogP contribution < -0.4 is 20.1 Å². The Morgan fingerprint density at radius 1 is 1.26 bits per heavy atom. The van der Waals surface area contributed by atoms with E-state index in [1.807, 2.05) is 17.5 Å². The number of nitrogens with one attached hydrogen (secondary N) is 2. The van der Waals surface area contributed by atoms with E-state index in [-0.39, 0.29) is 6.54 Å². The molecule has 0 saturated carbocycles. The molecule has 0 aliphatic carbocycles. The van der Waals surface area contributed by atoms with Crippen molar-refractivity contribution in [2.45, 2.75) is 12.5 Å². The van der Waals surface area contributed by atoms with Gasteiger partial charge in [-0.15, -0.1) is 11.3 Å². The van der Waals surface area contributed by atoms with Gasteiger partial charge in [-0.3, -0.25) is 0 Å². The Morgan fingerprint density at radius 2 is 2.00 bits per heavy atom. The predicted molar refractivity (Wildman–Crippen MR) is 90.5 cm³/mol. The first-order chi connectivity index (χ1) is 11.0. The highest BCUT2D eigenvalue weighted by Crippen LogP contribution is 2.29. The molecule has 1 aromatic heterocycles. The second kappa shape index (κ2) is 7.34. The lowest BCUT2D eigenvalue weighted by Crippen LogP contribution is -2.40. The van der Waals surface area contributed by atoms with E-state index in [1.54, 1.807) is 32.2 Å². The van der Waals surface area contributed by atoms with Crippen LogP contribution >= 0.6 is 11.3 Å². The molecule has 1 heterocycles. The summed E-state index contributed by atoms with van der Waals surface area (Å²) < 4.78 is 10.3. The normalized spacial score (nSPS) is 13.0. The molecule has 0 radical (unpaired) electrons. The number of urea groups is 1. The van der Waals surface area contributed by atoms with E-state index in [0.717, 1.165) is 4.88 Å². The molecule has 7 heteroatoms. The summed E-state index contributed by atoms with van der Waals surface area (Å²) in [6, 6.07) is 8.36. The fourth-order valence-electron chi connectivity index (χ4n) is 2.01. The van der Waals surface area contributed by atoms with Crippen molar-refractivity contribution in [3.63, 3.8) is 0 Å². The molecule has 2 amide bonds. The third kappa shape index (κ3) is 4.37. The molecule has 0 saturated heterocycles. The lowest BCUT2D eigenvalue weighted by atomic mass is 10.1. The monoisotopic (exact) mass is 336 g/mol. The lowest BCUT2D eigenvalue weighted by Gasteiger charge is -2.22. The molecule has 2 rings (SSSR count). The van der Waals surface area contributed by atoms with E-state index >= 15 is 0 Å². The Bertz CT molecular complexity index is 656. The molecule has 0 fully saturated rings. The Morgan fingerprint density at radius 3 is 2.61 bits per heavy atom. The highest BCUT2D eigenvalue weighted by Gasteiger charge is 2.24. The molecule has 23 heavy (non-hydrogen) atoms. The molecule has 0 aliphatic rings. The number of aliphatic hydroxyl groups is 1. The summed E-state index contributed by atoms with van der Waals surface area (Å²) in [6.07, 6.45) is 0. The Kier molecular flexibility index (Phi) is 5.46. The van der Waals surface area contributed by atoms with Gasteiger partial charge in [0.15, 0.2) is 11.5 Å². The first-order valence-electron chi connectivity index (χ1n) is 6.99. The van der Waals surface area contributed by atoms with Crippen LogP contribution in [0, 0.1) is 0 Å². The zero-order valence-electron chi connectivity index (χ0n) is 13.3. The molecule has 1 unspecified atom stereocenters. The van der Waals surface area contributed by atoms with Gasteiger partial charge in [0.25, 0.3) is 0 Å². The van der Waals surface area contributed by atoms with E-state index in [0.29, 0.717) is 17.2 Å². The topological polar surface area (TPSA) is 79.8 Å². The number of ether oxygens (including phenoxy) is 2. The highest BCUT2D eigenvalue weighted by atomic mass is 32.1. The number of amides is 2. The Labute approximate surface area is 139 Å². The van der Waals surface area contributed by atoms with Crippen molar-refractivity contribution >= 4 is 23.1 Å². The zero-order chi connectivity index (χ0) is 16.9. The zero-order valence-corrected chi connectivity index (χ0v) is 14.1. The van der Waals surface area contributed by atoms with Crippen molar-refractivity contribution in [2.75, 3.05) is 26.1 Å². The maximum Gasteiger partial charge on any atom is 0.319 e. The van der Waals surface area contributed by atoms with E-state index in [2.05, 4.69) is 10.6 Å². The third-order valence-corrected chi connectivity index (χ3v) is 4.41. The number of benzene rings is 1. The van der Waals surface area contributed by atoms with Crippen LogP contribution in [0.3, 0.4) is 0 Å². The fraction of sp³-hybridized carbons (Fsp3) is 0.312. The number of carbonyl (C=O) groups excluding carboxylic acids is 1. The van der Waals surface area contributed by atoms with Crippen LogP contribution in [0.5, 0.6) is 11.5 Å². The molecule has 3 N–H and O–H groups in total. The lowest BCUT2D eigenvalue weighted by molar-refractivity contribution is 0.0637. The van der Waals surface area contributed by atoms with Gasteiger partial charge in [0.05, 0.1) is 20.8 Å². The molecule has 6 nitrogen and oxygen atoms in total. The SMILES string of the molecule is COc1ccc(NC(=O)NCC(C)(O)c2cccs2)cc1OC. The molecule has 1 aromatic carbocycles. The van der Waals surface area contributed by atoms with Crippen molar-refractivity contribution < 1.29 is 19.4 Å². The summed E-state index contributed by atoms with van der Waals surface area (Å²) in [5.74, 6) is 1.11. The van der Waals surface area contributed by atoms with E-state index in [1.165, 1.54) is 18.4 Å². The summed E-state index contributed by atoms with van der Waals surface area (Å²) in [4.78, 5) is 12.8. The van der Waals surface area contributed by atoms with Crippen molar-refractivity contribution in [1.82, 2.24) is 5.32 Å². The molecule has 0 bridgehead atoms. The quantitative estimate of drug-likeness (QED) is 0.758. The van der Waals surface area contributed by atoms with Crippen molar-refractivity contribution in [1.29, 1.82) is 0 Å². The molecule has 2 aromatic rings. The summed E-state index contributed by atoms with van der Waals surface area (Å²) in [7, 11) is 3.07. The second-order valence-corrected chi connectivity index (χ2v) is 6.08. The number of thiophene rings is 1. The van der Waals surface area contributed by atoms with Crippen LogP contribution in [0.25, 0.3) is 0 Å². The van der Waals surface area contributed by atoms with Crippen LogP contribution in [0.1, 0.15) is 11.8 Å². The second-order valence-electron chi connectivity index (χ2n) is 5.13. The minimum atomic E-state index is -1.11. The van der Waals surface area contributed by atoms with Crippen molar-refractivity contribution in [2.24, 2.45) is 0 Å². The van der Waals surface area contributed by atoms with Crippen LogP contribution in [-0.4, -0.2) is 31.9 Å². The van der Waals surface area contributed by atoms with E-state index in [4.69, 9.17) is 9.47 Å². The molecule has 1 atom stereocenters. The van der Waals surface area contributed by atoms with Gasteiger partial charge in [-0.25, -0.2) is 4.79 Å². The number of hydrogen-bond acceptors (Lipinski definition) is 5. The number of hydrogen-bond donors (Lipinski definition) is 3. The van der Waals surface area contributed by atoms with E-state index < -0.39 is 11.6 Å². The Balaban J connectivity index is 1.95. The third-order valence-electron chi connectivity index (χ3n) is 3.29. The van der Waals surface area contributed by atoms with Crippen molar-refractivity contribution in [3.8, 4) is 11.5 Å². The molecule has 0 spiro atoms. The smallest absolute Gasteiger partial charge is 0.319 e. The maximum absolute atomic E-state index is 12.0. The minimum absolute atomic E-state index is 0.104. The van der Waals surface area contributed by atoms with Gasteiger partial charge < -0.3 is 25.2 Å².